The SMILES string of the molecule is O=C(Nc1ccccc1N1CCOCC1)[C@@H]1Cc2ccccc2CN1C(=O)c1ccccc1Cl. The summed E-state index contributed by atoms with van der Waals surface area (Å²) in [5.41, 5.74) is 4.21. The zero-order valence-electron chi connectivity index (χ0n) is 18.7. The third-order valence-corrected chi connectivity index (χ3v) is 6.76. The van der Waals surface area contributed by atoms with E-state index in [2.05, 4.69) is 10.2 Å². The number of carbonyl (C=O) groups excluding carboxylic acids is 2. The van der Waals surface area contributed by atoms with Crippen LogP contribution in [0.4, 0.5) is 11.4 Å². The highest BCUT2D eigenvalue weighted by atomic mass is 35.5. The summed E-state index contributed by atoms with van der Waals surface area (Å²) in [7, 11) is 0. The van der Waals surface area contributed by atoms with Crippen molar-refractivity contribution < 1.29 is 14.3 Å². The smallest absolute Gasteiger partial charge is 0.256 e. The Morgan fingerprint density at radius 2 is 1.56 bits per heavy atom. The van der Waals surface area contributed by atoms with E-state index in [0.717, 1.165) is 35.6 Å². The fraction of sp³-hybridized carbons (Fsp3) is 0.259. The molecule has 2 aliphatic rings. The lowest BCUT2D eigenvalue weighted by Crippen LogP contribution is -2.50. The monoisotopic (exact) mass is 475 g/mol. The summed E-state index contributed by atoms with van der Waals surface area (Å²) in [6.45, 7) is 3.19. The van der Waals surface area contributed by atoms with Gasteiger partial charge in [-0.1, -0.05) is 60.1 Å². The Balaban J connectivity index is 1.45. The normalized spacial score (nSPS) is 17.7. The lowest BCUT2D eigenvalue weighted by atomic mass is 9.92. The topological polar surface area (TPSA) is 61.9 Å². The van der Waals surface area contributed by atoms with E-state index in [9.17, 15) is 9.59 Å². The molecule has 2 aliphatic heterocycles. The highest BCUT2D eigenvalue weighted by Gasteiger charge is 2.36. The highest BCUT2D eigenvalue weighted by molar-refractivity contribution is 6.33. The van der Waals surface area contributed by atoms with Crippen molar-refractivity contribution >= 4 is 34.8 Å². The van der Waals surface area contributed by atoms with Gasteiger partial charge in [0, 0.05) is 26.1 Å². The first-order valence-electron chi connectivity index (χ1n) is 11.5. The van der Waals surface area contributed by atoms with Gasteiger partial charge in [-0.3, -0.25) is 9.59 Å². The summed E-state index contributed by atoms with van der Waals surface area (Å²) in [5.74, 6) is -0.461. The standard InChI is InChI=1S/C27H26ClN3O3/c28-22-10-4-3-9-21(22)27(33)31-18-20-8-2-1-7-19(20)17-25(31)26(32)29-23-11-5-6-12-24(23)30-13-15-34-16-14-30/h1-12,25H,13-18H2,(H,29,32)/t25-/m0/s1. The Morgan fingerprint density at radius 1 is 0.882 bits per heavy atom. The second-order valence-corrected chi connectivity index (χ2v) is 8.91. The highest BCUT2D eigenvalue weighted by Crippen LogP contribution is 2.30. The van der Waals surface area contributed by atoms with Crippen molar-refractivity contribution in [2.45, 2.75) is 19.0 Å². The van der Waals surface area contributed by atoms with Crippen molar-refractivity contribution in [1.29, 1.82) is 0 Å². The average molecular weight is 476 g/mol. The number of benzene rings is 3. The van der Waals surface area contributed by atoms with Crippen LogP contribution in [0.1, 0.15) is 21.5 Å². The molecule has 0 spiro atoms. The first-order valence-corrected chi connectivity index (χ1v) is 11.8. The lowest BCUT2D eigenvalue weighted by molar-refractivity contribution is -0.121. The summed E-state index contributed by atoms with van der Waals surface area (Å²) < 4.78 is 5.48. The molecule has 5 rings (SSSR count). The summed E-state index contributed by atoms with van der Waals surface area (Å²) in [6.07, 6.45) is 0.442. The van der Waals surface area contributed by atoms with Crippen LogP contribution in [-0.4, -0.2) is 49.1 Å². The number of fused-ring (bicyclic) bond motifs is 1. The van der Waals surface area contributed by atoms with Crippen LogP contribution in [0.3, 0.4) is 0 Å². The molecule has 3 aromatic rings. The van der Waals surface area contributed by atoms with E-state index in [-0.39, 0.29) is 11.8 Å². The van der Waals surface area contributed by atoms with Crippen LogP contribution in [-0.2, 0) is 22.5 Å². The molecular formula is C27H26ClN3O3. The zero-order chi connectivity index (χ0) is 23.5. The molecule has 0 radical (unpaired) electrons. The van der Waals surface area contributed by atoms with Gasteiger partial charge < -0.3 is 19.9 Å². The quantitative estimate of drug-likeness (QED) is 0.608. The molecule has 6 nitrogen and oxygen atoms in total. The predicted octanol–water partition coefficient (Wildman–Crippen LogP) is 4.38. The number of hydrogen-bond donors (Lipinski definition) is 1. The van der Waals surface area contributed by atoms with Gasteiger partial charge in [-0.05, 0) is 35.4 Å². The lowest BCUT2D eigenvalue weighted by Gasteiger charge is -2.37. The van der Waals surface area contributed by atoms with Crippen LogP contribution < -0.4 is 10.2 Å². The Hall–Kier alpha value is -3.35. The van der Waals surface area contributed by atoms with Crippen molar-refractivity contribution in [3.63, 3.8) is 0 Å². The average Bonchev–Trinajstić information content (AvgIpc) is 2.88. The van der Waals surface area contributed by atoms with Crippen molar-refractivity contribution in [2.24, 2.45) is 0 Å². The van der Waals surface area contributed by atoms with Gasteiger partial charge in [-0.15, -0.1) is 0 Å². The Kier molecular flexibility index (Phi) is 6.52. The van der Waals surface area contributed by atoms with Gasteiger partial charge >= 0.3 is 0 Å². The van der Waals surface area contributed by atoms with Crippen LogP contribution in [0.2, 0.25) is 5.02 Å². The van der Waals surface area contributed by atoms with Gasteiger partial charge in [0.2, 0.25) is 5.91 Å². The Bertz CT molecular complexity index is 1210. The minimum Gasteiger partial charge on any atom is -0.378 e. The van der Waals surface area contributed by atoms with E-state index >= 15 is 0 Å². The number of amides is 2. The van der Waals surface area contributed by atoms with Gasteiger partial charge in [0.15, 0.2) is 0 Å². The van der Waals surface area contributed by atoms with Gasteiger partial charge in [0.05, 0.1) is 35.2 Å². The number of nitrogens with zero attached hydrogens (tertiary/aromatic N) is 2. The second kappa shape index (κ2) is 9.87. The first-order chi connectivity index (χ1) is 16.6. The molecular weight excluding hydrogens is 450 g/mol. The minimum absolute atomic E-state index is 0.212. The van der Waals surface area contributed by atoms with Gasteiger partial charge in [-0.2, -0.15) is 0 Å². The largest absolute Gasteiger partial charge is 0.378 e. The van der Waals surface area contributed by atoms with E-state index in [1.54, 1.807) is 29.2 Å². The van der Waals surface area contributed by atoms with Gasteiger partial charge in [0.1, 0.15) is 6.04 Å². The molecule has 1 N–H and O–H groups in total. The van der Waals surface area contributed by atoms with Crippen molar-refractivity contribution in [3.05, 3.63) is 94.5 Å². The third-order valence-electron chi connectivity index (χ3n) is 6.43. The molecule has 0 aromatic heterocycles. The summed E-state index contributed by atoms with van der Waals surface area (Å²) in [6, 6.07) is 22.0. The number of morpholine rings is 1. The number of hydrogen-bond acceptors (Lipinski definition) is 4. The van der Waals surface area contributed by atoms with E-state index in [0.29, 0.717) is 36.8 Å². The van der Waals surface area contributed by atoms with Crippen LogP contribution in [0.15, 0.2) is 72.8 Å². The molecule has 1 fully saturated rings. The predicted molar refractivity (Wildman–Crippen MR) is 133 cm³/mol. The van der Waals surface area contributed by atoms with E-state index in [1.165, 1.54) is 0 Å². The second-order valence-electron chi connectivity index (χ2n) is 8.51. The molecule has 174 valence electrons. The zero-order valence-corrected chi connectivity index (χ0v) is 19.5. The van der Waals surface area contributed by atoms with Crippen LogP contribution in [0, 0.1) is 0 Å². The maximum Gasteiger partial charge on any atom is 0.256 e. The number of ether oxygens (including phenoxy) is 1. The molecule has 2 amide bonds. The number of para-hydroxylation sites is 2. The molecule has 1 saturated heterocycles. The van der Waals surface area contributed by atoms with E-state index in [1.807, 2.05) is 48.5 Å². The Labute approximate surface area is 204 Å². The number of nitrogens with one attached hydrogen (secondary N) is 1. The molecule has 7 heteroatoms. The fourth-order valence-electron chi connectivity index (χ4n) is 4.64. The molecule has 34 heavy (non-hydrogen) atoms. The van der Waals surface area contributed by atoms with Gasteiger partial charge in [-0.25, -0.2) is 0 Å². The molecule has 1 atom stereocenters. The summed E-state index contributed by atoms with van der Waals surface area (Å²) >= 11 is 6.34. The maximum absolute atomic E-state index is 13.7. The van der Waals surface area contributed by atoms with Crippen LogP contribution >= 0.6 is 11.6 Å². The van der Waals surface area contributed by atoms with Crippen LogP contribution in [0.25, 0.3) is 0 Å². The molecule has 3 aromatic carbocycles. The number of rotatable bonds is 4. The first kappa shape index (κ1) is 22.4. The van der Waals surface area contributed by atoms with E-state index < -0.39 is 6.04 Å². The third kappa shape index (κ3) is 4.52. The number of anilines is 2. The summed E-state index contributed by atoms with van der Waals surface area (Å²) in [5, 5.41) is 3.49. The number of carbonyl (C=O) groups is 2. The number of halogens is 1. The van der Waals surface area contributed by atoms with Gasteiger partial charge in [0.25, 0.3) is 5.91 Å². The summed E-state index contributed by atoms with van der Waals surface area (Å²) in [4.78, 5) is 31.1. The molecule has 0 unspecified atom stereocenters. The molecule has 2 heterocycles. The van der Waals surface area contributed by atoms with Crippen LogP contribution in [0.5, 0.6) is 0 Å². The van der Waals surface area contributed by atoms with Crippen molar-refractivity contribution in [3.8, 4) is 0 Å². The van der Waals surface area contributed by atoms with Crippen molar-refractivity contribution in [1.82, 2.24) is 4.90 Å². The maximum atomic E-state index is 13.7. The molecule has 0 bridgehead atoms. The minimum atomic E-state index is -0.656. The van der Waals surface area contributed by atoms with E-state index in [4.69, 9.17) is 16.3 Å². The molecule has 0 saturated carbocycles. The Morgan fingerprint density at radius 3 is 2.35 bits per heavy atom. The van der Waals surface area contributed by atoms with Crippen molar-refractivity contribution in [2.75, 3.05) is 36.5 Å². The fourth-order valence-corrected chi connectivity index (χ4v) is 4.85. The molecule has 0 aliphatic carbocycles.